The average Bonchev–Trinajstić information content (AvgIpc) is 2.84. The predicted molar refractivity (Wildman–Crippen MR) is 90.7 cm³/mol. The first-order valence-electron chi connectivity index (χ1n) is 7.63. The second-order valence-electron chi connectivity index (χ2n) is 6.61. The van der Waals surface area contributed by atoms with Gasteiger partial charge in [-0.3, -0.25) is 4.90 Å². The molecule has 21 heavy (non-hydrogen) atoms. The summed E-state index contributed by atoms with van der Waals surface area (Å²) in [6.45, 7) is 9.90. The Labute approximate surface area is 131 Å². The van der Waals surface area contributed by atoms with Gasteiger partial charge in [-0.1, -0.05) is 30.3 Å². The molecule has 3 rings (SSSR count). The van der Waals surface area contributed by atoms with Gasteiger partial charge >= 0.3 is 0 Å². The summed E-state index contributed by atoms with van der Waals surface area (Å²) >= 11 is 1.92. The summed E-state index contributed by atoms with van der Waals surface area (Å²) in [5.41, 5.74) is 1.59. The molecule has 1 unspecified atom stereocenters. The predicted octanol–water partition coefficient (Wildman–Crippen LogP) is 3.98. The van der Waals surface area contributed by atoms with E-state index in [4.69, 9.17) is 0 Å². The van der Waals surface area contributed by atoms with Crippen molar-refractivity contribution in [3.05, 3.63) is 57.8 Å². The van der Waals surface area contributed by atoms with E-state index in [1.54, 1.807) is 0 Å². The Kier molecular flexibility index (Phi) is 4.16. The van der Waals surface area contributed by atoms with Crippen molar-refractivity contribution in [3.63, 3.8) is 0 Å². The molecule has 2 aromatic rings. The van der Waals surface area contributed by atoms with E-state index in [0.717, 1.165) is 19.6 Å². The molecule has 1 aliphatic rings. The summed E-state index contributed by atoms with van der Waals surface area (Å²) in [4.78, 5) is 5.48. The van der Waals surface area contributed by atoms with Crippen LogP contribution in [0.15, 0.2) is 42.5 Å². The van der Waals surface area contributed by atoms with Gasteiger partial charge in [0.25, 0.3) is 0 Å². The fourth-order valence-corrected chi connectivity index (χ4v) is 4.03. The van der Waals surface area contributed by atoms with Crippen molar-refractivity contribution in [2.24, 2.45) is 0 Å². The molecule has 2 heterocycles. The highest BCUT2D eigenvalue weighted by Crippen LogP contribution is 2.30. The molecule has 1 N–H and O–H groups in total. The van der Waals surface area contributed by atoms with Gasteiger partial charge in [0.15, 0.2) is 0 Å². The van der Waals surface area contributed by atoms with E-state index < -0.39 is 0 Å². The molecule has 0 amide bonds. The minimum atomic E-state index is 0.178. The van der Waals surface area contributed by atoms with Crippen LogP contribution in [0.2, 0.25) is 0 Å². The fourth-order valence-electron chi connectivity index (χ4n) is 3.12. The Morgan fingerprint density at radius 2 is 1.95 bits per heavy atom. The van der Waals surface area contributed by atoms with Crippen LogP contribution >= 0.6 is 11.3 Å². The van der Waals surface area contributed by atoms with Crippen LogP contribution in [0.25, 0.3) is 0 Å². The molecular formula is C18H24N2S. The molecule has 1 aromatic heterocycles. The lowest BCUT2D eigenvalue weighted by Gasteiger charge is -2.44. The van der Waals surface area contributed by atoms with Gasteiger partial charge in [0.2, 0.25) is 0 Å². The van der Waals surface area contributed by atoms with Crippen LogP contribution in [0.5, 0.6) is 0 Å². The SMILES string of the molecule is Cc1ccc(CN2CC(C)(C)NCC2c2ccccc2)s1. The van der Waals surface area contributed by atoms with Gasteiger partial charge in [0.1, 0.15) is 0 Å². The minimum absolute atomic E-state index is 0.178. The molecule has 1 fully saturated rings. The monoisotopic (exact) mass is 300 g/mol. The first-order valence-corrected chi connectivity index (χ1v) is 8.44. The number of nitrogens with zero attached hydrogens (tertiary/aromatic N) is 1. The van der Waals surface area contributed by atoms with Crippen molar-refractivity contribution in [3.8, 4) is 0 Å². The second-order valence-corrected chi connectivity index (χ2v) is 7.98. The number of aryl methyl sites for hydroxylation is 1. The molecule has 0 aliphatic carbocycles. The summed E-state index contributed by atoms with van der Waals surface area (Å²) in [5.74, 6) is 0. The van der Waals surface area contributed by atoms with E-state index in [1.807, 2.05) is 11.3 Å². The van der Waals surface area contributed by atoms with Gasteiger partial charge in [0.05, 0.1) is 0 Å². The summed E-state index contributed by atoms with van der Waals surface area (Å²) in [7, 11) is 0. The van der Waals surface area contributed by atoms with E-state index in [1.165, 1.54) is 15.3 Å². The highest BCUT2D eigenvalue weighted by molar-refractivity contribution is 7.11. The average molecular weight is 300 g/mol. The summed E-state index contributed by atoms with van der Waals surface area (Å²) in [6, 6.07) is 15.8. The Bertz CT molecular complexity index is 588. The second kappa shape index (κ2) is 5.91. The van der Waals surface area contributed by atoms with Crippen LogP contribution in [-0.2, 0) is 6.54 Å². The molecule has 3 heteroatoms. The van der Waals surface area contributed by atoms with Crippen LogP contribution in [-0.4, -0.2) is 23.5 Å². The summed E-state index contributed by atoms with van der Waals surface area (Å²) < 4.78 is 0. The molecule has 1 atom stereocenters. The third kappa shape index (κ3) is 3.54. The van der Waals surface area contributed by atoms with Crippen molar-refractivity contribution < 1.29 is 0 Å². The summed E-state index contributed by atoms with van der Waals surface area (Å²) in [5, 5.41) is 3.69. The van der Waals surface area contributed by atoms with E-state index in [2.05, 4.69) is 73.5 Å². The number of hydrogen-bond acceptors (Lipinski definition) is 3. The number of hydrogen-bond donors (Lipinski definition) is 1. The first-order chi connectivity index (χ1) is 10.0. The molecule has 112 valence electrons. The molecule has 1 aromatic carbocycles. The molecular weight excluding hydrogens is 276 g/mol. The van der Waals surface area contributed by atoms with Gasteiger partial charge in [-0.2, -0.15) is 0 Å². The van der Waals surface area contributed by atoms with Crippen LogP contribution in [0, 0.1) is 6.92 Å². The minimum Gasteiger partial charge on any atom is -0.309 e. The van der Waals surface area contributed by atoms with Crippen LogP contribution in [0.3, 0.4) is 0 Å². The van der Waals surface area contributed by atoms with Crippen LogP contribution in [0.4, 0.5) is 0 Å². The van der Waals surface area contributed by atoms with E-state index in [0.29, 0.717) is 6.04 Å². The maximum Gasteiger partial charge on any atom is 0.0477 e. The topological polar surface area (TPSA) is 15.3 Å². The molecule has 2 nitrogen and oxygen atoms in total. The number of benzene rings is 1. The lowest BCUT2D eigenvalue weighted by atomic mass is 9.95. The molecule has 1 saturated heterocycles. The maximum atomic E-state index is 3.69. The third-order valence-corrected chi connectivity index (χ3v) is 5.14. The molecule has 0 radical (unpaired) electrons. The van der Waals surface area contributed by atoms with Crippen LogP contribution < -0.4 is 5.32 Å². The normalized spacial score (nSPS) is 22.3. The number of thiophene rings is 1. The molecule has 1 aliphatic heterocycles. The first kappa shape index (κ1) is 14.8. The van der Waals surface area contributed by atoms with Crippen molar-refractivity contribution >= 4 is 11.3 Å². The summed E-state index contributed by atoms with van der Waals surface area (Å²) in [6.07, 6.45) is 0. The Hall–Kier alpha value is -1.16. The highest BCUT2D eigenvalue weighted by Gasteiger charge is 2.33. The quantitative estimate of drug-likeness (QED) is 0.922. The van der Waals surface area contributed by atoms with E-state index in [9.17, 15) is 0 Å². The number of rotatable bonds is 3. The Morgan fingerprint density at radius 3 is 2.62 bits per heavy atom. The number of nitrogens with one attached hydrogen (secondary N) is 1. The fraction of sp³-hybridized carbons (Fsp3) is 0.444. The van der Waals surface area contributed by atoms with Crippen molar-refractivity contribution in [2.75, 3.05) is 13.1 Å². The van der Waals surface area contributed by atoms with Crippen molar-refractivity contribution in [1.29, 1.82) is 0 Å². The van der Waals surface area contributed by atoms with Gasteiger partial charge in [-0.05, 0) is 38.5 Å². The highest BCUT2D eigenvalue weighted by atomic mass is 32.1. The third-order valence-electron chi connectivity index (χ3n) is 4.15. The Balaban J connectivity index is 1.83. The maximum absolute atomic E-state index is 3.69. The van der Waals surface area contributed by atoms with Gasteiger partial charge < -0.3 is 5.32 Å². The lowest BCUT2D eigenvalue weighted by Crippen LogP contribution is -2.57. The largest absolute Gasteiger partial charge is 0.309 e. The smallest absolute Gasteiger partial charge is 0.0477 e. The zero-order valence-electron chi connectivity index (χ0n) is 13.1. The van der Waals surface area contributed by atoms with Crippen LogP contribution in [0.1, 0.15) is 35.2 Å². The number of piperazine rings is 1. The zero-order chi connectivity index (χ0) is 14.9. The zero-order valence-corrected chi connectivity index (χ0v) is 13.9. The Morgan fingerprint density at radius 1 is 1.19 bits per heavy atom. The van der Waals surface area contributed by atoms with E-state index >= 15 is 0 Å². The van der Waals surface area contributed by atoms with Crippen molar-refractivity contribution in [2.45, 2.75) is 38.9 Å². The molecule has 0 bridgehead atoms. The molecule has 0 spiro atoms. The molecule has 0 saturated carbocycles. The van der Waals surface area contributed by atoms with Gasteiger partial charge in [-0.15, -0.1) is 11.3 Å². The van der Waals surface area contributed by atoms with Gasteiger partial charge in [-0.25, -0.2) is 0 Å². The van der Waals surface area contributed by atoms with Crippen molar-refractivity contribution in [1.82, 2.24) is 10.2 Å². The lowest BCUT2D eigenvalue weighted by molar-refractivity contribution is 0.0890. The van der Waals surface area contributed by atoms with E-state index in [-0.39, 0.29) is 5.54 Å². The standard InChI is InChI=1S/C18H24N2S/c1-14-9-10-16(21-14)12-20-13-18(2,3)19-11-17(20)15-7-5-4-6-8-15/h4-10,17,19H,11-13H2,1-3H3. The van der Waals surface area contributed by atoms with Gasteiger partial charge in [0, 0.05) is 41.0 Å².